The fourth-order valence-corrected chi connectivity index (χ4v) is 3.41. The van der Waals surface area contributed by atoms with Crippen molar-refractivity contribution in [3.05, 3.63) is 0 Å². The van der Waals surface area contributed by atoms with Gasteiger partial charge in [0.1, 0.15) is 0 Å². The van der Waals surface area contributed by atoms with E-state index in [1.165, 1.54) is 12.8 Å². The summed E-state index contributed by atoms with van der Waals surface area (Å²) in [4.78, 5) is 2.34. The van der Waals surface area contributed by atoms with Gasteiger partial charge in [-0.1, -0.05) is 6.42 Å². The molecule has 4 heteroatoms. The summed E-state index contributed by atoms with van der Waals surface area (Å²) >= 11 is 0. The van der Waals surface area contributed by atoms with E-state index in [9.17, 15) is 5.11 Å². The van der Waals surface area contributed by atoms with Crippen LogP contribution >= 0.6 is 0 Å². The van der Waals surface area contributed by atoms with Gasteiger partial charge in [-0.15, -0.1) is 0 Å². The summed E-state index contributed by atoms with van der Waals surface area (Å²) in [5.74, 6) is 0.384. The van der Waals surface area contributed by atoms with E-state index >= 15 is 0 Å². The zero-order chi connectivity index (χ0) is 13.0. The molecule has 2 aliphatic rings. The van der Waals surface area contributed by atoms with Crippen molar-refractivity contribution < 1.29 is 9.84 Å². The van der Waals surface area contributed by atoms with Crippen molar-refractivity contribution in [3.63, 3.8) is 0 Å². The third-order valence-corrected chi connectivity index (χ3v) is 4.67. The van der Waals surface area contributed by atoms with Crippen molar-refractivity contribution in [2.45, 2.75) is 50.2 Å². The van der Waals surface area contributed by atoms with Gasteiger partial charge in [0.05, 0.1) is 11.7 Å². The van der Waals surface area contributed by atoms with E-state index in [2.05, 4.69) is 11.9 Å². The normalized spacial score (nSPS) is 36.7. The van der Waals surface area contributed by atoms with E-state index in [1.54, 1.807) is 0 Å². The lowest BCUT2D eigenvalue weighted by molar-refractivity contribution is 0.00351. The lowest BCUT2D eigenvalue weighted by Crippen LogP contribution is -2.42. The molecule has 0 aromatic heterocycles. The van der Waals surface area contributed by atoms with Crippen LogP contribution in [-0.4, -0.2) is 55.0 Å². The molecular formula is C14H28N2O2. The third-order valence-electron chi connectivity index (χ3n) is 4.67. The average Bonchev–Trinajstić information content (AvgIpc) is 2.97. The molecule has 0 radical (unpaired) electrons. The molecule has 18 heavy (non-hydrogen) atoms. The first-order chi connectivity index (χ1) is 8.64. The summed E-state index contributed by atoms with van der Waals surface area (Å²) in [5.41, 5.74) is 5.12. The summed E-state index contributed by atoms with van der Waals surface area (Å²) in [6.07, 6.45) is 7.00. The number of ether oxygens (including phenoxy) is 1. The second kappa shape index (κ2) is 6.33. The van der Waals surface area contributed by atoms with Crippen LogP contribution in [0.25, 0.3) is 0 Å². The van der Waals surface area contributed by atoms with Gasteiger partial charge in [-0.05, 0) is 51.6 Å². The molecule has 3 atom stereocenters. The van der Waals surface area contributed by atoms with Crippen molar-refractivity contribution >= 4 is 0 Å². The van der Waals surface area contributed by atoms with Gasteiger partial charge in [0.25, 0.3) is 0 Å². The SMILES string of the molecule is CN(CCC1CCCC1(O)CN)CC1CCCO1. The molecule has 2 rings (SSSR count). The highest BCUT2D eigenvalue weighted by Crippen LogP contribution is 2.37. The summed E-state index contributed by atoms with van der Waals surface area (Å²) in [6.45, 7) is 3.39. The smallest absolute Gasteiger partial charge is 0.0797 e. The average molecular weight is 256 g/mol. The molecule has 0 aromatic carbocycles. The van der Waals surface area contributed by atoms with Crippen LogP contribution in [0.4, 0.5) is 0 Å². The Kier molecular flexibility index (Phi) is 5.01. The predicted molar refractivity (Wildman–Crippen MR) is 72.4 cm³/mol. The van der Waals surface area contributed by atoms with E-state index in [0.29, 0.717) is 18.6 Å². The number of nitrogens with zero attached hydrogens (tertiary/aromatic N) is 1. The molecule has 0 bridgehead atoms. The van der Waals surface area contributed by atoms with Gasteiger partial charge in [-0.2, -0.15) is 0 Å². The largest absolute Gasteiger partial charge is 0.388 e. The van der Waals surface area contributed by atoms with Gasteiger partial charge in [-0.25, -0.2) is 0 Å². The standard InChI is InChI=1S/C14H28N2O2/c1-16(10-13-5-3-9-18-13)8-6-12-4-2-7-14(12,17)11-15/h12-13,17H,2-11,15H2,1H3. The minimum Gasteiger partial charge on any atom is -0.388 e. The Bertz CT molecular complexity index is 256. The molecule has 0 aromatic rings. The van der Waals surface area contributed by atoms with Crippen molar-refractivity contribution in [3.8, 4) is 0 Å². The Labute approximate surface area is 110 Å². The van der Waals surface area contributed by atoms with Gasteiger partial charge in [-0.3, -0.25) is 0 Å². The number of hydrogen-bond donors (Lipinski definition) is 2. The molecule has 4 nitrogen and oxygen atoms in total. The maximum absolute atomic E-state index is 10.4. The second-order valence-corrected chi connectivity index (χ2v) is 6.08. The first kappa shape index (κ1) is 14.3. The van der Waals surface area contributed by atoms with Crippen LogP contribution in [0.3, 0.4) is 0 Å². The lowest BCUT2D eigenvalue weighted by Gasteiger charge is -2.30. The summed E-state index contributed by atoms with van der Waals surface area (Å²) < 4.78 is 5.65. The number of nitrogens with two attached hydrogens (primary N) is 1. The Morgan fingerprint density at radius 3 is 2.89 bits per heavy atom. The number of likely N-dealkylation sites (N-methyl/N-ethyl adjacent to an activating group) is 1. The fraction of sp³-hybridized carbons (Fsp3) is 1.00. The molecular weight excluding hydrogens is 228 g/mol. The van der Waals surface area contributed by atoms with Crippen molar-refractivity contribution in [1.82, 2.24) is 4.90 Å². The zero-order valence-corrected chi connectivity index (χ0v) is 11.6. The number of aliphatic hydroxyl groups is 1. The molecule has 106 valence electrons. The van der Waals surface area contributed by atoms with E-state index < -0.39 is 5.60 Å². The maximum atomic E-state index is 10.4. The monoisotopic (exact) mass is 256 g/mol. The fourth-order valence-electron chi connectivity index (χ4n) is 3.41. The quantitative estimate of drug-likeness (QED) is 0.744. The molecule has 1 aliphatic heterocycles. The maximum Gasteiger partial charge on any atom is 0.0797 e. The predicted octanol–water partition coefficient (Wildman–Crippen LogP) is 0.977. The van der Waals surface area contributed by atoms with Crippen molar-refractivity contribution in [2.75, 3.05) is 33.3 Å². The highest BCUT2D eigenvalue weighted by atomic mass is 16.5. The molecule has 1 aliphatic carbocycles. The van der Waals surface area contributed by atoms with Gasteiger partial charge >= 0.3 is 0 Å². The van der Waals surface area contributed by atoms with Crippen LogP contribution in [0.2, 0.25) is 0 Å². The van der Waals surface area contributed by atoms with Crippen LogP contribution < -0.4 is 5.73 Å². The Morgan fingerprint density at radius 2 is 2.22 bits per heavy atom. The second-order valence-electron chi connectivity index (χ2n) is 6.08. The molecule has 2 fully saturated rings. The molecule has 1 saturated heterocycles. The Morgan fingerprint density at radius 1 is 1.39 bits per heavy atom. The summed E-state index contributed by atoms with van der Waals surface area (Å²) in [6, 6.07) is 0. The molecule has 0 spiro atoms. The first-order valence-corrected chi connectivity index (χ1v) is 7.36. The highest BCUT2D eigenvalue weighted by Gasteiger charge is 2.39. The van der Waals surface area contributed by atoms with E-state index in [-0.39, 0.29) is 0 Å². The molecule has 1 saturated carbocycles. The summed E-state index contributed by atoms with van der Waals surface area (Å²) in [5, 5.41) is 10.4. The zero-order valence-electron chi connectivity index (χ0n) is 11.6. The topological polar surface area (TPSA) is 58.7 Å². The van der Waals surface area contributed by atoms with E-state index in [1.807, 2.05) is 0 Å². The molecule has 0 amide bonds. The van der Waals surface area contributed by atoms with Gasteiger partial charge < -0.3 is 20.5 Å². The minimum absolute atomic E-state index is 0.384. The Hall–Kier alpha value is -0.160. The van der Waals surface area contributed by atoms with Crippen LogP contribution in [-0.2, 0) is 4.74 Å². The van der Waals surface area contributed by atoms with Crippen LogP contribution in [0.15, 0.2) is 0 Å². The van der Waals surface area contributed by atoms with Gasteiger partial charge in [0, 0.05) is 19.7 Å². The van der Waals surface area contributed by atoms with Gasteiger partial charge in [0.15, 0.2) is 0 Å². The van der Waals surface area contributed by atoms with Crippen molar-refractivity contribution in [1.29, 1.82) is 0 Å². The summed E-state index contributed by atoms with van der Waals surface area (Å²) in [7, 11) is 2.15. The molecule has 3 unspecified atom stereocenters. The first-order valence-electron chi connectivity index (χ1n) is 7.36. The third kappa shape index (κ3) is 3.44. The van der Waals surface area contributed by atoms with Gasteiger partial charge in [0.2, 0.25) is 0 Å². The molecule has 1 heterocycles. The van der Waals surface area contributed by atoms with E-state index in [4.69, 9.17) is 10.5 Å². The molecule has 3 N–H and O–H groups in total. The lowest BCUT2D eigenvalue weighted by atomic mass is 9.88. The number of hydrogen-bond acceptors (Lipinski definition) is 4. The van der Waals surface area contributed by atoms with Crippen LogP contribution in [0.5, 0.6) is 0 Å². The van der Waals surface area contributed by atoms with Crippen LogP contribution in [0, 0.1) is 5.92 Å². The van der Waals surface area contributed by atoms with Crippen LogP contribution in [0.1, 0.15) is 38.5 Å². The minimum atomic E-state index is -0.593. The van der Waals surface area contributed by atoms with Crippen molar-refractivity contribution in [2.24, 2.45) is 11.7 Å². The highest BCUT2D eigenvalue weighted by molar-refractivity contribution is 4.93. The Balaban J connectivity index is 1.70. The number of rotatable bonds is 6. The van der Waals surface area contributed by atoms with E-state index in [0.717, 1.165) is 45.4 Å².